The number of carbonyl (C=O) groups is 1. The molecule has 0 spiro atoms. The molecule has 3 aromatic carbocycles. The largest absolute Gasteiger partial charge is 0.379 e. The third kappa shape index (κ3) is 5.13. The van der Waals surface area contributed by atoms with Gasteiger partial charge in [-0.2, -0.15) is 4.31 Å². The van der Waals surface area contributed by atoms with Gasteiger partial charge in [-0.05, 0) is 41.5 Å². The first-order chi connectivity index (χ1) is 15.5. The van der Waals surface area contributed by atoms with Gasteiger partial charge in [0.05, 0.1) is 18.1 Å². The van der Waals surface area contributed by atoms with E-state index in [0.29, 0.717) is 37.6 Å². The number of ether oxygens (including phenoxy) is 1. The minimum atomic E-state index is -3.58. The van der Waals surface area contributed by atoms with Crippen LogP contribution in [0.3, 0.4) is 0 Å². The van der Waals surface area contributed by atoms with E-state index < -0.39 is 10.0 Å². The van der Waals surface area contributed by atoms with Gasteiger partial charge in [-0.25, -0.2) is 8.42 Å². The summed E-state index contributed by atoms with van der Waals surface area (Å²) in [6, 6.07) is 25.3. The van der Waals surface area contributed by atoms with Crippen LogP contribution in [-0.4, -0.2) is 44.9 Å². The van der Waals surface area contributed by atoms with Crippen LogP contribution in [0.2, 0.25) is 0 Å². The van der Waals surface area contributed by atoms with Gasteiger partial charge >= 0.3 is 0 Å². The first kappa shape index (κ1) is 22.0. The van der Waals surface area contributed by atoms with E-state index in [0.717, 1.165) is 11.1 Å². The number of rotatable bonds is 6. The Morgan fingerprint density at radius 3 is 2.06 bits per heavy atom. The van der Waals surface area contributed by atoms with Crippen LogP contribution in [-0.2, 0) is 19.6 Å². The fourth-order valence-corrected chi connectivity index (χ4v) is 4.87. The minimum absolute atomic E-state index is 0.195. The van der Waals surface area contributed by atoms with Gasteiger partial charge in [0.2, 0.25) is 10.0 Å². The van der Waals surface area contributed by atoms with Crippen LogP contribution in [0.1, 0.15) is 11.1 Å². The molecule has 3 aromatic rings. The Labute approximate surface area is 188 Å². The molecule has 0 aromatic heterocycles. The van der Waals surface area contributed by atoms with Gasteiger partial charge in [0.15, 0.2) is 0 Å². The summed E-state index contributed by atoms with van der Waals surface area (Å²) in [6.07, 6.45) is 1.84. The predicted octanol–water partition coefficient (Wildman–Crippen LogP) is 3.89. The lowest BCUT2D eigenvalue weighted by atomic mass is 10.0. The average Bonchev–Trinajstić information content (AvgIpc) is 2.84. The third-order valence-corrected chi connectivity index (χ3v) is 7.07. The van der Waals surface area contributed by atoms with Gasteiger partial charge in [-0.15, -0.1) is 0 Å². The van der Waals surface area contributed by atoms with Crippen molar-refractivity contribution < 1.29 is 17.9 Å². The maximum Gasteiger partial charge on any atom is 0.256 e. The molecule has 0 aliphatic carbocycles. The minimum Gasteiger partial charge on any atom is -0.379 e. The summed E-state index contributed by atoms with van der Waals surface area (Å²) >= 11 is 0. The Morgan fingerprint density at radius 2 is 1.44 bits per heavy atom. The fraction of sp³-hybridized carbons (Fsp3) is 0.160. The van der Waals surface area contributed by atoms with Crippen molar-refractivity contribution in [3.05, 3.63) is 96.1 Å². The lowest BCUT2D eigenvalue weighted by molar-refractivity contribution is -0.111. The summed E-state index contributed by atoms with van der Waals surface area (Å²) in [5.41, 5.74) is 2.74. The van der Waals surface area contributed by atoms with E-state index in [1.54, 1.807) is 12.1 Å². The highest BCUT2D eigenvalue weighted by atomic mass is 32.2. The number of benzene rings is 3. The van der Waals surface area contributed by atoms with Crippen LogP contribution in [0.25, 0.3) is 11.6 Å². The molecule has 4 rings (SSSR count). The number of hydrogen-bond acceptors (Lipinski definition) is 4. The predicted molar refractivity (Wildman–Crippen MR) is 125 cm³/mol. The summed E-state index contributed by atoms with van der Waals surface area (Å²) in [7, 11) is -3.58. The van der Waals surface area contributed by atoms with Gasteiger partial charge in [0.1, 0.15) is 0 Å². The Morgan fingerprint density at radius 1 is 0.844 bits per heavy atom. The van der Waals surface area contributed by atoms with E-state index in [2.05, 4.69) is 5.32 Å². The number of hydrogen-bond donors (Lipinski definition) is 1. The topological polar surface area (TPSA) is 75.7 Å². The van der Waals surface area contributed by atoms with Crippen LogP contribution in [0.4, 0.5) is 5.69 Å². The summed E-state index contributed by atoms with van der Waals surface area (Å²) in [5, 5.41) is 2.88. The third-order valence-electron chi connectivity index (χ3n) is 5.16. The Kier molecular flexibility index (Phi) is 6.80. The number of sulfonamides is 1. The van der Waals surface area contributed by atoms with Gasteiger partial charge in [-0.1, -0.05) is 60.7 Å². The molecule has 0 atom stereocenters. The van der Waals surface area contributed by atoms with E-state index in [-0.39, 0.29) is 10.8 Å². The zero-order chi connectivity index (χ0) is 22.4. The van der Waals surface area contributed by atoms with Crippen molar-refractivity contribution in [2.75, 3.05) is 31.6 Å². The van der Waals surface area contributed by atoms with Gasteiger partial charge in [-0.3, -0.25) is 4.79 Å². The van der Waals surface area contributed by atoms with Crippen molar-refractivity contribution in [3.8, 4) is 0 Å². The van der Waals surface area contributed by atoms with Crippen LogP contribution in [0.5, 0.6) is 0 Å². The second-order valence-electron chi connectivity index (χ2n) is 7.33. The lowest BCUT2D eigenvalue weighted by Gasteiger charge is -2.26. The molecular formula is C25H24N2O4S. The zero-order valence-corrected chi connectivity index (χ0v) is 18.3. The molecule has 1 amide bonds. The SMILES string of the molecule is O=C(Nc1ccc(S(=O)(=O)N2CCOCC2)cc1)/C(=C/c1ccccc1)c1ccccc1. The van der Waals surface area contributed by atoms with Crippen LogP contribution < -0.4 is 5.32 Å². The first-order valence-corrected chi connectivity index (χ1v) is 11.8. The molecule has 6 nitrogen and oxygen atoms in total. The molecule has 0 radical (unpaired) electrons. The molecule has 1 N–H and O–H groups in total. The van der Waals surface area contributed by atoms with Crippen molar-refractivity contribution in [2.24, 2.45) is 0 Å². The van der Waals surface area contributed by atoms with Gasteiger partial charge in [0.25, 0.3) is 5.91 Å². The number of nitrogens with zero attached hydrogens (tertiary/aromatic N) is 1. The van der Waals surface area contributed by atoms with Gasteiger partial charge < -0.3 is 10.1 Å². The molecule has 1 aliphatic rings. The van der Waals surface area contributed by atoms with Crippen molar-refractivity contribution >= 4 is 33.3 Å². The molecule has 0 bridgehead atoms. The highest BCUT2D eigenvalue weighted by Gasteiger charge is 2.26. The van der Waals surface area contributed by atoms with Crippen molar-refractivity contribution in [1.29, 1.82) is 0 Å². The second kappa shape index (κ2) is 9.91. The van der Waals surface area contributed by atoms with E-state index >= 15 is 0 Å². The molecule has 164 valence electrons. The summed E-state index contributed by atoms with van der Waals surface area (Å²) in [6.45, 7) is 1.46. The molecule has 7 heteroatoms. The molecule has 32 heavy (non-hydrogen) atoms. The number of carbonyl (C=O) groups excluding carboxylic acids is 1. The molecule has 1 fully saturated rings. The monoisotopic (exact) mass is 448 g/mol. The Balaban J connectivity index is 1.55. The molecule has 1 heterocycles. The molecule has 1 aliphatic heterocycles. The van der Waals surface area contributed by atoms with E-state index in [4.69, 9.17) is 4.74 Å². The highest BCUT2D eigenvalue weighted by Crippen LogP contribution is 2.23. The van der Waals surface area contributed by atoms with E-state index in [1.807, 2.05) is 66.7 Å². The van der Waals surface area contributed by atoms with E-state index in [9.17, 15) is 13.2 Å². The fourth-order valence-electron chi connectivity index (χ4n) is 3.46. The maximum atomic E-state index is 13.1. The maximum absolute atomic E-state index is 13.1. The normalized spacial score (nSPS) is 15.3. The first-order valence-electron chi connectivity index (χ1n) is 10.4. The van der Waals surface area contributed by atoms with Crippen LogP contribution in [0, 0.1) is 0 Å². The Bertz CT molecular complexity index is 1190. The average molecular weight is 449 g/mol. The lowest BCUT2D eigenvalue weighted by Crippen LogP contribution is -2.40. The number of nitrogens with one attached hydrogen (secondary N) is 1. The number of amides is 1. The van der Waals surface area contributed by atoms with Crippen LogP contribution in [0.15, 0.2) is 89.8 Å². The van der Waals surface area contributed by atoms with Crippen molar-refractivity contribution in [2.45, 2.75) is 4.90 Å². The second-order valence-corrected chi connectivity index (χ2v) is 9.27. The zero-order valence-electron chi connectivity index (χ0n) is 17.5. The molecular weight excluding hydrogens is 424 g/mol. The quantitative estimate of drug-likeness (QED) is 0.459. The summed E-state index contributed by atoms with van der Waals surface area (Å²) < 4.78 is 32.2. The smallest absolute Gasteiger partial charge is 0.256 e. The van der Waals surface area contributed by atoms with Crippen molar-refractivity contribution in [1.82, 2.24) is 4.31 Å². The molecule has 0 unspecified atom stereocenters. The summed E-state index contributed by atoms with van der Waals surface area (Å²) in [5.74, 6) is -0.274. The highest BCUT2D eigenvalue weighted by molar-refractivity contribution is 7.89. The van der Waals surface area contributed by atoms with E-state index in [1.165, 1.54) is 16.4 Å². The summed E-state index contributed by atoms with van der Waals surface area (Å²) in [4.78, 5) is 13.3. The number of anilines is 1. The van der Waals surface area contributed by atoms with Gasteiger partial charge in [0, 0.05) is 24.4 Å². The molecule has 1 saturated heterocycles. The van der Waals surface area contributed by atoms with Crippen LogP contribution >= 0.6 is 0 Å². The Hall–Kier alpha value is -3.26. The van der Waals surface area contributed by atoms with Crippen molar-refractivity contribution in [3.63, 3.8) is 0 Å². The number of morpholine rings is 1. The molecule has 0 saturated carbocycles. The standard InChI is InChI=1S/C25H24N2O4S/c28-25(24(21-9-5-2-6-10-21)19-20-7-3-1-4-8-20)26-22-11-13-23(14-12-22)32(29,30)27-15-17-31-18-16-27/h1-14,19H,15-18H2,(H,26,28)/b24-19+.